The van der Waals surface area contributed by atoms with E-state index in [1.807, 2.05) is 13.0 Å². The molecule has 0 saturated carbocycles. The number of halogens is 3. The normalized spacial score (nSPS) is 13.0. The molecule has 0 bridgehead atoms. The second kappa shape index (κ2) is 6.93. The van der Waals surface area contributed by atoms with Gasteiger partial charge >= 0.3 is 6.18 Å². The van der Waals surface area contributed by atoms with Crippen LogP contribution < -0.4 is 5.32 Å². The molecule has 1 atom stereocenters. The maximum absolute atomic E-state index is 12.8. The number of hydrogen-bond acceptors (Lipinski definition) is 5. The Kier molecular flexibility index (Phi) is 4.81. The van der Waals surface area contributed by atoms with Crippen LogP contribution in [0.5, 0.6) is 0 Å². The van der Waals surface area contributed by atoms with Gasteiger partial charge in [-0.15, -0.1) is 5.10 Å². The standard InChI is InChI=1S/C17H17F3N6O/c1-9(12-5-4-6-21-8-12)22-14(27)7-13-10(2)23-16-24-15(17(18,19)20)25-26(16)11(13)3/h4-6,8-9H,7H2,1-3H3,(H,22,27)/t9-/m1/s1. The SMILES string of the molecule is Cc1nc2nc(C(F)(F)F)nn2c(C)c1CC(=O)N[C@H](C)c1cccnc1. The Morgan fingerprint density at radius 2 is 2.04 bits per heavy atom. The van der Waals surface area contributed by atoms with Gasteiger partial charge in [0.2, 0.25) is 5.91 Å². The third kappa shape index (κ3) is 3.88. The number of fused-ring (bicyclic) bond motifs is 1. The van der Waals surface area contributed by atoms with E-state index in [2.05, 4.69) is 25.4 Å². The van der Waals surface area contributed by atoms with Gasteiger partial charge in [-0.1, -0.05) is 6.07 Å². The van der Waals surface area contributed by atoms with Gasteiger partial charge in [0.15, 0.2) is 0 Å². The molecule has 0 aliphatic carbocycles. The second-order valence-corrected chi connectivity index (χ2v) is 6.16. The van der Waals surface area contributed by atoms with Gasteiger partial charge in [-0.05, 0) is 32.4 Å². The summed E-state index contributed by atoms with van der Waals surface area (Å²) in [5.41, 5.74) is 2.19. The first-order chi connectivity index (χ1) is 12.7. The van der Waals surface area contributed by atoms with Crippen molar-refractivity contribution in [2.24, 2.45) is 0 Å². The highest BCUT2D eigenvalue weighted by Gasteiger charge is 2.37. The monoisotopic (exact) mass is 378 g/mol. The Labute approximate surface area is 152 Å². The van der Waals surface area contributed by atoms with Crippen LogP contribution in [-0.4, -0.2) is 30.5 Å². The Morgan fingerprint density at radius 1 is 1.30 bits per heavy atom. The first-order valence-electron chi connectivity index (χ1n) is 8.16. The van der Waals surface area contributed by atoms with E-state index < -0.39 is 12.0 Å². The first kappa shape index (κ1) is 18.7. The minimum atomic E-state index is -4.66. The van der Waals surface area contributed by atoms with Crippen molar-refractivity contribution in [2.45, 2.75) is 39.4 Å². The van der Waals surface area contributed by atoms with E-state index in [1.165, 1.54) is 0 Å². The quantitative estimate of drug-likeness (QED) is 0.754. The molecule has 0 saturated heterocycles. The largest absolute Gasteiger partial charge is 0.453 e. The average Bonchev–Trinajstić information content (AvgIpc) is 3.04. The fraction of sp³-hybridized carbons (Fsp3) is 0.353. The molecule has 3 heterocycles. The highest BCUT2D eigenvalue weighted by atomic mass is 19.4. The predicted molar refractivity (Wildman–Crippen MR) is 89.8 cm³/mol. The summed E-state index contributed by atoms with van der Waals surface area (Å²) in [6, 6.07) is 3.36. The van der Waals surface area contributed by atoms with E-state index in [0.717, 1.165) is 10.1 Å². The average molecular weight is 378 g/mol. The third-order valence-corrected chi connectivity index (χ3v) is 4.20. The van der Waals surface area contributed by atoms with Gasteiger partial charge in [0.1, 0.15) is 0 Å². The summed E-state index contributed by atoms with van der Waals surface area (Å²) in [6.45, 7) is 5.04. The molecule has 0 aromatic carbocycles. The Balaban J connectivity index is 1.85. The fourth-order valence-electron chi connectivity index (χ4n) is 2.75. The van der Waals surface area contributed by atoms with E-state index in [4.69, 9.17) is 0 Å². The van der Waals surface area contributed by atoms with Crippen molar-refractivity contribution in [1.82, 2.24) is 29.9 Å². The zero-order valence-corrected chi connectivity index (χ0v) is 14.9. The topological polar surface area (TPSA) is 85.1 Å². The minimum Gasteiger partial charge on any atom is -0.349 e. The van der Waals surface area contributed by atoms with Gasteiger partial charge in [-0.3, -0.25) is 9.78 Å². The van der Waals surface area contributed by atoms with Gasteiger partial charge in [0.25, 0.3) is 11.6 Å². The second-order valence-electron chi connectivity index (χ2n) is 6.16. The smallest absolute Gasteiger partial charge is 0.349 e. The number of nitrogens with one attached hydrogen (secondary N) is 1. The molecule has 0 aliphatic heterocycles. The minimum absolute atomic E-state index is 0.0353. The number of aromatic nitrogens is 5. The number of carbonyl (C=O) groups excluding carboxylic acids is 1. The third-order valence-electron chi connectivity index (χ3n) is 4.20. The molecule has 3 rings (SSSR count). The van der Waals surface area contributed by atoms with Crippen LogP contribution in [0.25, 0.3) is 5.78 Å². The lowest BCUT2D eigenvalue weighted by Crippen LogP contribution is -2.29. The van der Waals surface area contributed by atoms with E-state index >= 15 is 0 Å². The number of aryl methyl sites for hydroxylation is 2. The number of nitrogens with zero attached hydrogens (tertiary/aromatic N) is 5. The highest BCUT2D eigenvalue weighted by Crippen LogP contribution is 2.27. The Bertz CT molecular complexity index is 984. The number of carbonyl (C=O) groups is 1. The molecule has 10 heteroatoms. The number of amides is 1. The van der Waals surface area contributed by atoms with Crippen LogP contribution >= 0.6 is 0 Å². The van der Waals surface area contributed by atoms with Gasteiger partial charge in [-0.2, -0.15) is 18.2 Å². The van der Waals surface area contributed by atoms with Crippen LogP contribution in [0.4, 0.5) is 13.2 Å². The summed E-state index contributed by atoms with van der Waals surface area (Å²) >= 11 is 0. The molecule has 3 aromatic rings. The fourth-order valence-corrected chi connectivity index (χ4v) is 2.75. The molecule has 7 nitrogen and oxygen atoms in total. The van der Waals surface area contributed by atoms with E-state index in [0.29, 0.717) is 17.0 Å². The van der Waals surface area contributed by atoms with Gasteiger partial charge in [0, 0.05) is 29.3 Å². The van der Waals surface area contributed by atoms with Crippen molar-refractivity contribution in [2.75, 3.05) is 0 Å². The van der Waals surface area contributed by atoms with Gasteiger partial charge in [-0.25, -0.2) is 9.50 Å². The molecule has 3 aromatic heterocycles. The zero-order chi connectivity index (χ0) is 19.8. The molecule has 1 N–H and O–H groups in total. The summed E-state index contributed by atoms with van der Waals surface area (Å²) in [6.07, 6.45) is -1.40. The highest BCUT2D eigenvalue weighted by molar-refractivity contribution is 5.79. The summed E-state index contributed by atoms with van der Waals surface area (Å²) in [7, 11) is 0. The molecule has 0 spiro atoms. The van der Waals surface area contributed by atoms with Crippen LogP contribution in [0.1, 0.15) is 41.3 Å². The molecule has 142 valence electrons. The van der Waals surface area contributed by atoms with Crippen LogP contribution in [0.2, 0.25) is 0 Å². The molecular weight excluding hydrogens is 361 g/mol. The van der Waals surface area contributed by atoms with Crippen LogP contribution in [0.3, 0.4) is 0 Å². The molecule has 0 fully saturated rings. The van der Waals surface area contributed by atoms with Crippen molar-refractivity contribution in [3.63, 3.8) is 0 Å². The van der Waals surface area contributed by atoms with E-state index in [-0.39, 0.29) is 24.1 Å². The zero-order valence-electron chi connectivity index (χ0n) is 14.9. The Morgan fingerprint density at radius 3 is 2.67 bits per heavy atom. The predicted octanol–water partition coefficient (Wildman–Crippen LogP) is 2.57. The Hall–Kier alpha value is -3.04. The van der Waals surface area contributed by atoms with Crippen molar-refractivity contribution in [3.05, 3.63) is 52.9 Å². The van der Waals surface area contributed by atoms with Crippen LogP contribution in [0, 0.1) is 13.8 Å². The van der Waals surface area contributed by atoms with Crippen molar-refractivity contribution >= 4 is 11.7 Å². The summed E-state index contributed by atoms with van der Waals surface area (Å²) in [5.74, 6) is -1.69. The molecule has 0 aliphatic rings. The molecular formula is C17H17F3N6O. The first-order valence-corrected chi connectivity index (χ1v) is 8.16. The van der Waals surface area contributed by atoms with Gasteiger partial charge in [0.05, 0.1) is 12.5 Å². The molecule has 0 radical (unpaired) electrons. The van der Waals surface area contributed by atoms with E-state index in [1.54, 1.807) is 32.3 Å². The summed E-state index contributed by atoms with van der Waals surface area (Å²) < 4.78 is 39.5. The number of hydrogen-bond donors (Lipinski definition) is 1. The van der Waals surface area contributed by atoms with Gasteiger partial charge < -0.3 is 5.32 Å². The summed E-state index contributed by atoms with van der Waals surface area (Å²) in [4.78, 5) is 23.9. The van der Waals surface area contributed by atoms with Crippen molar-refractivity contribution in [1.29, 1.82) is 0 Å². The number of alkyl halides is 3. The van der Waals surface area contributed by atoms with Crippen LogP contribution in [-0.2, 0) is 17.4 Å². The lowest BCUT2D eigenvalue weighted by Gasteiger charge is -2.15. The van der Waals surface area contributed by atoms with Crippen molar-refractivity contribution in [3.8, 4) is 0 Å². The maximum atomic E-state index is 12.8. The molecule has 1 amide bonds. The number of rotatable bonds is 4. The maximum Gasteiger partial charge on any atom is 0.453 e. The van der Waals surface area contributed by atoms with E-state index in [9.17, 15) is 18.0 Å². The molecule has 27 heavy (non-hydrogen) atoms. The lowest BCUT2D eigenvalue weighted by atomic mass is 10.1. The van der Waals surface area contributed by atoms with Crippen LogP contribution in [0.15, 0.2) is 24.5 Å². The van der Waals surface area contributed by atoms with Crippen molar-refractivity contribution < 1.29 is 18.0 Å². The number of pyridine rings is 1. The lowest BCUT2D eigenvalue weighted by molar-refractivity contribution is -0.144. The molecule has 0 unspecified atom stereocenters. The summed E-state index contributed by atoms with van der Waals surface area (Å²) in [5, 5.41) is 6.32.